The molecule has 0 aliphatic heterocycles. The molecular weight excluding hydrogens is 178 g/mol. The lowest BCUT2D eigenvalue weighted by molar-refractivity contribution is 0.253. The summed E-state index contributed by atoms with van der Waals surface area (Å²) < 4.78 is 5.20. The number of hydrogen-bond donors (Lipinski definition) is 1. The first-order chi connectivity index (χ1) is 6.77. The molecule has 2 rings (SSSR count). The predicted octanol–water partition coefficient (Wildman–Crippen LogP) is 1.56. The van der Waals surface area contributed by atoms with Crippen molar-refractivity contribution in [2.45, 2.75) is 13.0 Å². The molecule has 2 heterocycles. The van der Waals surface area contributed by atoms with Crippen molar-refractivity contribution in [3.63, 3.8) is 0 Å². The molecule has 0 fully saturated rings. The Morgan fingerprint density at radius 1 is 1.50 bits per heavy atom. The minimum absolute atomic E-state index is 0.636. The molecule has 0 aliphatic rings. The number of aliphatic hydroxyl groups excluding tert-OH is 1. The Balaban J connectivity index is 2.53. The zero-order chi connectivity index (χ0) is 9.97. The van der Waals surface area contributed by atoms with Crippen LogP contribution >= 0.6 is 0 Å². The summed E-state index contributed by atoms with van der Waals surface area (Å²) >= 11 is 0. The van der Waals surface area contributed by atoms with Crippen LogP contribution in [0, 0.1) is 11.8 Å². The average molecular weight is 187 g/mol. The van der Waals surface area contributed by atoms with Crippen molar-refractivity contribution >= 4 is 11.0 Å². The zero-order valence-electron chi connectivity index (χ0n) is 7.69. The first-order valence-corrected chi connectivity index (χ1v) is 4.29. The first kappa shape index (κ1) is 8.79. The molecule has 1 N–H and O–H groups in total. The maximum absolute atomic E-state index is 9.01. The molecule has 1 atom stereocenters. The molecule has 0 amide bonds. The third-order valence-corrected chi connectivity index (χ3v) is 1.78. The molecule has 0 bridgehead atoms. The number of pyridine rings is 1. The zero-order valence-corrected chi connectivity index (χ0v) is 7.69. The highest BCUT2D eigenvalue weighted by atomic mass is 16.3. The summed E-state index contributed by atoms with van der Waals surface area (Å²) in [6.07, 6.45) is 2.59. The van der Waals surface area contributed by atoms with Crippen LogP contribution in [-0.2, 0) is 0 Å². The summed E-state index contributed by atoms with van der Waals surface area (Å²) in [7, 11) is 0. The standard InChI is InChI=1S/C11H9NO2/c1-8(13)2-3-10-9-5-7-14-11(9)4-6-12-10/h4-8,13H,1H3. The van der Waals surface area contributed by atoms with Crippen LogP contribution in [0.5, 0.6) is 0 Å². The van der Waals surface area contributed by atoms with Crippen molar-refractivity contribution in [2.75, 3.05) is 0 Å². The fourth-order valence-corrected chi connectivity index (χ4v) is 1.17. The number of furan rings is 1. The molecule has 70 valence electrons. The van der Waals surface area contributed by atoms with Gasteiger partial charge in [0.1, 0.15) is 17.4 Å². The van der Waals surface area contributed by atoms with Gasteiger partial charge < -0.3 is 9.52 Å². The highest BCUT2D eigenvalue weighted by Crippen LogP contribution is 2.16. The van der Waals surface area contributed by atoms with Crippen molar-refractivity contribution < 1.29 is 9.52 Å². The van der Waals surface area contributed by atoms with Gasteiger partial charge in [0.25, 0.3) is 0 Å². The third-order valence-electron chi connectivity index (χ3n) is 1.78. The van der Waals surface area contributed by atoms with E-state index in [0.29, 0.717) is 5.69 Å². The van der Waals surface area contributed by atoms with Crippen LogP contribution in [0.3, 0.4) is 0 Å². The number of fused-ring (bicyclic) bond motifs is 1. The SMILES string of the molecule is CC(O)C#Cc1nccc2occc12. The Bertz CT molecular complexity index is 502. The number of rotatable bonds is 0. The number of nitrogens with zero attached hydrogens (tertiary/aromatic N) is 1. The van der Waals surface area contributed by atoms with E-state index in [1.165, 1.54) is 0 Å². The van der Waals surface area contributed by atoms with Crippen LogP contribution in [0.4, 0.5) is 0 Å². The van der Waals surface area contributed by atoms with Gasteiger partial charge in [0.15, 0.2) is 0 Å². The van der Waals surface area contributed by atoms with Gasteiger partial charge in [0, 0.05) is 6.20 Å². The lowest BCUT2D eigenvalue weighted by Crippen LogP contribution is -1.93. The normalized spacial score (nSPS) is 12.1. The molecule has 0 radical (unpaired) electrons. The topological polar surface area (TPSA) is 46.3 Å². The Labute approximate surface area is 81.4 Å². The van der Waals surface area contributed by atoms with Gasteiger partial charge in [-0.15, -0.1) is 0 Å². The monoisotopic (exact) mass is 187 g/mol. The minimum Gasteiger partial charge on any atom is -0.464 e. The minimum atomic E-state index is -0.640. The van der Waals surface area contributed by atoms with Gasteiger partial charge >= 0.3 is 0 Å². The van der Waals surface area contributed by atoms with E-state index in [4.69, 9.17) is 9.52 Å². The molecule has 0 saturated carbocycles. The molecule has 3 heteroatoms. The summed E-state index contributed by atoms with van der Waals surface area (Å²) in [6, 6.07) is 3.59. The molecule has 0 aromatic carbocycles. The van der Waals surface area contributed by atoms with Gasteiger partial charge in [-0.1, -0.05) is 5.92 Å². The second-order valence-electron chi connectivity index (χ2n) is 2.94. The molecular formula is C11H9NO2. The van der Waals surface area contributed by atoms with Crippen molar-refractivity contribution in [3.05, 3.63) is 30.3 Å². The maximum Gasteiger partial charge on any atom is 0.138 e. The molecule has 14 heavy (non-hydrogen) atoms. The molecule has 0 saturated heterocycles. The fraction of sp³-hybridized carbons (Fsp3) is 0.182. The maximum atomic E-state index is 9.01. The van der Waals surface area contributed by atoms with Gasteiger partial charge in [-0.2, -0.15) is 0 Å². The van der Waals surface area contributed by atoms with Crippen LogP contribution in [0.15, 0.2) is 29.0 Å². The van der Waals surface area contributed by atoms with E-state index >= 15 is 0 Å². The van der Waals surface area contributed by atoms with Crippen LogP contribution in [-0.4, -0.2) is 16.2 Å². The first-order valence-electron chi connectivity index (χ1n) is 4.29. The van der Waals surface area contributed by atoms with Crippen molar-refractivity contribution in [2.24, 2.45) is 0 Å². The Kier molecular flexibility index (Phi) is 2.21. The summed E-state index contributed by atoms with van der Waals surface area (Å²) in [5, 5.41) is 9.89. The van der Waals surface area contributed by atoms with Crippen molar-refractivity contribution in [1.82, 2.24) is 4.98 Å². The van der Waals surface area contributed by atoms with Gasteiger partial charge in [0.05, 0.1) is 11.6 Å². The summed E-state index contributed by atoms with van der Waals surface area (Å²) in [5.74, 6) is 5.45. The molecule has 2 aromatic heterocycles. The van der Waals surface area contributed by atoms with Crippen LogP contribution in [0.2, 0.25) is 0 Å². The highest BCUT2D eigenvalue weighted by Gasteiger charge is 2.01. The summed E-state index contributed by atoms with van der Waals surface area (Å²) in [5.41, 5.74) is 1.40. The summed E-state index contributed by atoms with van der Waals surface area (Å²) in [4.78, 5) is 4.11. The van der Waals surface area contributed by atoms with Gasteiger partial charge in [-0.25, -0.2) is 4.98 Å². The number of hydrogen-bond acceptors (Lipinski definition) is 3. The van der Waals surface area contributed by atoms with Gasteiger partial charge in [-0.3, -0.25) is 0 Å². The summed E-state index contributed by atoms with van der Waals surface area (Å²) in [6.45, 7) is 1.61. The van der Waals surface area contributed by atoms with E-state index in [2.05, 4.69) is 16.8 Å². The lowest BCUT2D eigenvalue weighted by atomic mass is 10.2. The van der Waals surface area contributed by atoms with E-state index in [-0.39, 0.29) is 0 Å². The van der Waals surface area contributed by atoms with E-state index in [9.17, 15) is 0 Å². The predicted molar refractivity (Wildman–Crippen MR) is 52.6 cm³/mol. The Hall–Kier alpha value is -1.79. The second kappa shape index (κ2) is 3.52. The van der Waals surface area contributed by atoms with E-state index < -0.39 is 6.10 Å². The highest BCUT2D eigenvalue weighted by molar-refractivity contribution is 5.81. The largest absolute Gasteiger partial charge is 0.464 e. The van der Waals surface area contributed by atoms with Crippen LogP contribution in [0.25, 0.3) is 11.0 Å². The fourth-order valence-electron chi connectivity index (χ4n) is 1.17. The molecule has 2 aromatic rings. The average Bonchev–Trinajstić information content (AvgIpc) is 2.62. The molecule has 0 aliphatic carbocycles. The van der Waals surface area contributed by atoms with E-state index in [0.717, 1.165) is 11.0 Å². The van der Waals surface area contributed by atoms with Crippen molar-refractivity contribution in [1.29, 1.82) is 0 Å². The van der Waals surface area contributed by atoms with E-state index in [1.807, 2.05) is 6.07 Å². The molecule has 3 nitrogen and oxygen atoms in total. The van der Waals surface area contributed by atoms with E-state index in [1.54, 1.807) is 25.5 Å². The van der Waals surface area contributed by atoms with Gasteiger partial charge in [-0.05, 0) is 25.0 Å². The molecule has 0 spiro atoms. The second-order valence-corrected chi connectivity index (χ2v) is 2.94. The van der Waals surface area contributed by atoms with Crippen LogP contribution < -0.4 is 0 Å². The van der Waals surface area contributed by atoms with Crippen LogP contribution in [0.1, 0.15) is 12.6 Å². The quantitative estimate of drug-likeness (QED) is 0.636. The Morgan fingerprint density at radius 3 is 3.14 bits per heavy atom. The third kappa shape index (κ3) is 1.61. The Morgan fingerprint density at radius 2 is 2.36 bits per heavy atom. The lowest BCUT2D eigenvalue weighted by Gasteiger charge is -1.92. The smallest absolute Gasteiger partial charge is 0.138 e. The van der Waals surface area contributed by atoms with Crippen molar-refractivity contribution in [3.8, 4) is 11.8 Å². The number of aliphatic hydroxyl groups is 1. The molecule has 1 unspecified atom stereocenters. The number of aromatic nitrogens is 1. The van der Waals surface area contributed by atoms with Gasteiger partial charge in [0.2, 0.25) is 0 Å².